The first-order valence-corrected chi connectivity index (χ1v) is 13.8. The number of hydrogen-bond acceptors (Lipinski definition) is 3. The van der Waals surface area contributed by atoms with Gasteiger partial charge in [0.15, 0.2) is 8.32 Å². The first-order valence-electron chi connectivity index (χ1n) is 10.9. The highest BCUT2D eigenvalue weighted by Crippen LogP contribution is 2.36. The molecule has 29 heavy (non-hydrogen) atoms. The van der Waals surface area contributed by atoms with E-state index in [4.69, 9.17) is 8.84 Å². The van der Waals surface area contributed by atoms with Crippen LogP contribution in [-0.2, 0) is 4.43 Å². The van der Waals surface area contributed by atoms with E-state index in [9.17, 15) is 0 Å². The van der Waals surface area contributed by atoms with Gasteiger partial charge in [0.25, 0.3) is 0 Å². The van der Waals surface area contributed by atoms with Crippen LogP contribution in [0, 0.1) is 0 Å². The molecular formula is C25H39NO2Si. The number of benzene rings is 1. The van der Waals surface area contributed by atoms with Crippen LogP contribution in [0.5, 0.6) is 0 Å². The molecule has 0 saturated carbocycles. The van der Waals surface area contributed by atoms with Gasteiger partial charge >= 0.3 is 0 Å². The summed E-state index contributed by atoms with van der Waals surface area (Å²) in [6.07, 6.45) is 9.35. The number of rotatable bonds is 11. The first-order chi connectivity index (χ1) is 13.7. The molecule has 0 amide bonds. The van der Waals surface area contributed by atoms with Crippen LogP contribution < -0.4 is 4.90 Å². The van der Waals surface area contributed by atoms with Gasteiger partial charge in [0.05, 0.1) is 6.26 Å². The Balaban J connectivity index is 1.74. The van der Waals surface area contributed by atoms with E-state index in [1.54, 1.807) is 6.26 Å². The van der Waals surface area contributed by atoms with Crippen LogP contribution in [0.4, 0.5) is 5.69 Å². The maximum absolute atomic E-state index is 6.29. The van der Waals surface area contributed by atoms with Crippen molar-refractivity contribution >= 4 is 26.2 Å². The molecule has 0 radical (unpaired) electrons. The molecule has 0 aliphatic heterocycles. The zero-order valence-electron chi connectivity index (χ0n) is 19.2. The Labute approximate surface area is 178 Å². The van der Waals surface area contributed by atoms with E-state index in [1.165, 1.54) is 24.1 Å². The summed E-state index contributed by atoms with van der Waals surface area (Å²) in [6.45, 7) is 16.8. The second-order valence-electron chi connectivity index (χ2n) is 9.19. The lowest BCUT2D eigenvalue weighted by atomic mass is 10.1. The fourth-order valence-corrected chi connectivity index (χ4v) is 4.04. The maximum atomic E-state index is 6.29. The van der Waals surface area contributed by atoms with E-state index >= 15 is 0 Å². The number of hydrogen-bond donors (Lipinski definition) is 0. The van der Waals surface area contributed by atoms with Gasteiger partial charge in [-0.05, 0) is 80.2 Å². The Bertz CT molecular complexity index is 727. The van der Waals surface area contributed by atoms with Gasteiger partial charge in [-0.1, -0.05) is 39.0 Å². The zero-order valence-corrected chi connectivity index (χ0v) is 20.2. The third-order valence-corrected chi connectivity index (χ3v) is 10.5. The van der Waals surface area contributed by atoms with Crippen molar-refractivity contribution in [3.63, 3.8) is 0 Å². The standard InChI is InChI=1S/C25H39NO2Si/c1-7-26(19-9-8-10-21-28-29(5,6)25(2,3)4)23-16-13-22(14-17-23)15-18-24-12-11-20-27-24/h11-18,20H,7-10,19,21H2,1-6H3. The van der Waals surface area contributed by atoms with Gasteiger partial charge in [-0.3, -0.25) is 0 Å². The topological polar surface area (TPSA) is 25.6 Å². The Morgan fingerprint density at radius 3 is 2.31 bits per heavy atom. The van der Waals surface area contributed by atoms with Crippen LogP contribution in [0.15, 0.2) is 47.1 Å². The Morgan fingerprint density at radius 1 is 1.00 bits per heavy atom. The highest BCUT2D eigenvalue weighted by molar-refractivity contribution is 6.74. The van der Waals surface area contributed by atoms with Crippen molar-refractivity contribution in [2.75, 3.05) is 24.6 Å². The van der Waals surface area contributed by atoms with Gasteiger partial charge in [0, 0.05) is 25.4 Å². The minimum Gasteiger partial charge on any atom is -0.465 e. The SMILES string of the molecule is CCN(CCCCCO[Si](C)(C)C(C)(C)C)c1ccc(C=Cc2ccco2)cc1. The maximum Gasteiger partial charge on any atom is 0.191 e. The first kappa shape index (κ1) is 23.5. The fraction of sp³-hybridized carbons (Fsp3) is 0.520. The highest BCUT2D eigenvalue weighted by atomic mass is 28.4. The predicted molar refractivity (Wildman–Crippen MR) is 129 cm³/mol. The van der Waals surface area contributed by atoms with E-state index in [0.717, 1.165) is 31.9 Å². The Hall–Kier alpha value is -1.78. The average Bonchev–Trinajstić information content (AvgIpc) is 3.19. The van der Waals surface area contributed by atoms with Crippen LogP contribution in [0.3, 0.4) is 0 Å². The van der Waals surface area contributed by atoms with Gasteiger partial charge in [-0.15, -0.1) is 0 Å². The molecule has 0 atom stereocenters. The summed E-state index contributed by atoms with van der Waals surface area (Å²) in [7, 11) is -1.60. The molecule has 0 N–H and O–H groups in total. The number of furan rings is 1. The van der Waals surface area contributed by atoms with E-state index < -0.39 is 8.32 Å². The lowest BCUT2D eigenvalue weighted by molar-refractivity contribution is 0.278. The molecule has 0 spiro atoms. The van der Waals surface area contributed by atoms with Crippen molar-refractivity contribution in [2.24, 2.45) is 0 Å². The Kier molecular flexibility index (Phi) is 8.78. The van der Waals surface area contributed by atoms with E-state index in [-0.39, 0.29) is 0 Å². The molecule has 3 nitrogen and oxygen atoms in total. The van der Waals surface area contributed by atoms with Gasteiger partial charge in [0.1, 0.15) is 5.76 Å². The summed E-state index contributed by atoms with van der Waals surface area (Å²) < 4.78 is 11.6. The lowest BCUT2D eigenvalue weighted by Crippen LogP contribution is -2.40. The van der Waals surface area contributed by atoms with Crippen molar-refractivity contribution in [3.05, 3.63) is 54.0 Å². The summed E-state index contributed by atoms with van der Waals surface area (Å²) in [6, 6.07) is 12.6. The Morgan fingerprint density at radius 2 is 1.72 bits per heavy atom. The van der Waals surface area contributed by atoms with Gasteiger partial charge < -0.3 is 13.7 Å². The highest BCUT2D eigenvalue weighted by Gasteiger charge is 2.36. The summed E-state index contributed by atoms with van der Waals surface area (Å²) >= 11 is 0. The predicted octanol–water partition coefficient (Wildman–Crippen LogP) is 7.47. The minimum absolute atomic E-state index is 0.297. The molecule has 0 unspecified atom stereocenters. The quantitative estimate of drug-likeness (QED) is 0.282. The monoisotopic (exact) mass is 413 g/mol. The molecule has 0 saturated heterocycles. The third kappa shape index (κ3) is 7.52. The largest absolute Gasteiger partial charge is 0.465 e. The van der Waals surface area contributed by atoms with Crippen LogP contribution >= 0.6 is 0 Å². The van der Waals surface area contributed by atoms with Crippen molar-refractivity contribution in [2.45, 2.75) is 65.1 Å². The van der Waals surface area contributed by atoms with Gasteiger partial charge in [-0.25, -0.2) is 0 Å². The van der Waals surface area contributed by atoms with E-state index in [1.807, 2.05) is 18.2 Å². The van der Waals surface area contributed by atoms with E-state index in [2.05, 4.69) is 76.0 Å². The van der Waals surface area contributed by atoms with Crippen molar-refractivity contribution in [1.29, 1.82) is 0 Å². The second kappa shape index (κ2) is 10.8. The molecule has 0 aliphatic rings. The smallest absolute Gasteiger partial charge is 0.191 e. The van der Waals surface area contributed by atoms with Crippen LogP contribution in [0.2, 0.25) is 18.1 Å². The molecule has 1 aromatic heterocycles. The molecular weight excluding hydrogens is 374 g/mol. The molecule has 1 heterocycles. The zero-order chi connectivity index (χ0) is 21.3. The summed E-state index contributed by atoms with van der Waals surface area (Å²) in [5, 5.41) is 0.297. The summed E-state index contributed by atoms with van der Waals surface area (Å²) in [4.78, 5) is 2.45. The van der Waals surface area contributed by atoms with Gasteiger partial charge in [-0.2, -0.15) is 0 Å². The third-order valence-electron chi connectivity index (χ3n) is 5.96. The van der Waals surface area contributed by atoms with E-state index in [0.29, 0.717) is 5.04 Å². The number of anilines is 1. The number of nitrogens with zero attached hydrogens (tertiary/aromatic N) is 1. The molecule has 0 aliphatic carbocycles. The average molecular weight is 414 g/mol. The molecule has 0 fully saturated rings. The van der Waals surface area contributed by atoms with Crippen LogP contribution in [0.1, 0.15) is 58.3 Å². The molecule has 2 rings (SSSR count). The lowest BCUT2D eigenvalue weighted by Gasteiger charge is -2.36. The summed E-state index contributed by atoms with van der Waals surface area (Å²) in [5.74, 6) is 0.877. The van der Waals surface area contributed by atoms with Gasteiger partial charge in [0.2, 0.25) is 0 Å². The van der Waals surface area contributed by atoms with Crippen molar-refractivity contribution < 1.29 is 8.84 Å². The molecule has 0 bridgehead atoms. The van der Waals surface area contributed by atoms with Crippen molar-refractivity contribution in [3.8, 4) is 0 Å². The minimum atomic E-state index is -1.60. The van der Waals surface area contributed by atoms with Crippen molar-refractivity contribution in [1.82, 2.24) is 0 Å². The number of unbranched alkanes of at least 4 members (excludes halogenated alkanes) is 2. The molecule has 160 valence electrons. The normalized spacial score (nSPS) is 12.6. The molecule has 4 heteroatoms. The molecule has 1 aromatic carbocycles. The fourth-order valence-electron chi connectivity index (χ4n) is 2.96. The van der Waals surface area contributed by atoms with Crippen LogP contribution in [-0.4, -0.2) is 28.0 Å². The molecule has 2 aromatic rings. The second-order valence-corrected chi connectivity index (χ2v) is 14.0. The van der Waals surface area contributed by atoms with Crippen LogP contribution in [0.25, 0.3) is 12.2 Å². The summed E-state index contributed by atoms with van der Waals surface area (Å²) in [5.41, 5.74) is 2.48.